The maximum Gasteiger partial charge on any atom is 0.266 e. The predicted octanol–water partition coefficient (Wildman–Crippen LogP) is 5.89. The summed E-state index contributed by atoms with van der Waals surface area (Å²) >= 11 is 0. The average Bonchev–Trinajstić information content (AvgIpc) is 2.59. The van der Waals surface area contributed by atoms with E-state index >= 15 is 0 Å². The lowest BCUT2D eigenvalue weighted by Gasteiger charge is -2.04. The van der Waals surface area contributed by atoms with E-state index in [1.807, 2.05) is 0 Å². The summed E-state index contributed by atoms with van der Waals surface area (Å²) in [6.45, 7) is 3.44. The molecule has 5 heteroatoms. The van der Waals surface area contributed by atoms with Crippen LogP contribution in [-0.4, -0.2) is 31.8 Å². The highest BCUT2D eigenvalue weighted by Crippen LogP contribution is 2.10. The van der Waals surface area contributed by atoms with Gasteiger partial charge in [-0.2, -0.15) is 8.42 Å². The van der Waals surface area contributed by atoms with Crippen LogP contribution >= 0.6 is 0 Å². The lowest BCUT2D eigenvalue weighted by atomic mass is 10.1. The van der Waals surface area contributed by atoms with Crippen molar-refractivity contribution in [1.82, 2.24) is 5.32 Å². The zero-order valence-corrected chi connectivity index (χ0v) is 17.9. The van der Waals surface area contributed by atoms with Gasteiger partial charge in [0.05, 0.1) is 5.75 Å². The molecule has 0 aromatic rings. The summed E-state index contributed by atoms with van der Waals surface area (Å²) in [4.78, 5) is 0. The maximum atomic E-state index is 10.5. The molecule has 0 aliphatic carbocycles. The quantitative estimate of drug-likeness (QED) is 0.155. The van der Waals surface area contributed by atoms with Crippen LogP contribution in [0.1, 0.15) is 103 Å². The fourth-order valence-corrected chi connectivity index (χ4v) is 3.40. The van der Waals surface area contributed by atoms with Gasteiger partial charge in [-0.15, -0.1) is 0 Å². The molecule has 0 spiro atoms. The van der Waals surface area contributed by atoms with Gasteiger partial charge < -0.3 is 5.32 Å². The molecule has 4 nitrogen and oxygen atoms in total. The van der Waals surface area contributed by atoms with Crippen LogP contribution in [0.15, 0.2) is 12.2 Å². The molecule has 0 aromatic carbocycles. The Hall–Kier alpha value is -0.390. The third-order valence-corrected chi connectivity index (χ3v) is 5.37. The van der Waals surface area contributed by atoms with Gasteiger partial charge in [0.25, 0.3) is 10.1 Å². The fourth-order valence-electron chi connectivity index (χ4n) is 3.00. The lowest BCUT2D eigenvalue weighted by Crippen LogP contribution is -2.23. The Morgan fingerprint density at radius 2 is 1.15 bits per heavy atom. The first-order chi connectivity index (χ1) is 12.6. The topological polar surface area (TPSA) is 66.4 Å². The van der Waals surface area contributed by atoms with Gasteiger partial charge in [0, 0.05) is 6.54 Å². The van der Waals surface area contributed by atoms with Gasteiger partial charge in [-0.25, -0.2) is 0 Å². The van der Waals surface area contributed by atoms with Crippen molar-refractivity contribution in [3.8, 4) is 0 Å². The normalized spacial score (nSPS) is 12.2. The van der Waals surface area contributed by atoms with Crippen molar-refractivity contribution in [2.75, 3.05) is 18.8 Å². The molecule has 0 rings (SSSR count). The summed E-state index contributed by atoms with van der Waals surface area (Å²) in [5.74, 6) is -0.194. The minimum atomic E-state index is -3.82. The SMILES string of the molecule is CCCCCCCC/C=C\CCCCCCCCCNCCS(=O)(=O)O. The molecule has 0 aliphatic heterocycles. The third kappa shape index (κ3) is 23.6. The van der Waals surface area contributed by atoms with Crippen LogP contribution in [0.3, 0.4) is 0 Å². The van der Waals surface area contributed by atoms with Gasteiger partial charge >= 0.3 is 0 Å². The first-order valence-electron chi connectivity index (χ1n) is 10.9. The van der Waals surface area contributed by atoms with Crippen LogP contribution in [0.4, 0.5) is 0 Å². The average molecular weight is 390 g/mol. The number of hydrogen-bond acceptors (Lipinski definition) is 3. The summed E-state index contributed by atoms with van der Waals surface area (Å²) in [5.41, 5.74) is 0. The molecule has 0 bridgehead atoms. The molecule has 0 atom stereocenters. The van der Waals surface area contributed by atoms with Crippen LogP contribution in [0.25, 0.3) is 0 Å². The number of hydrogen-bond donors (Lipinski definition) is 2. The minimum absolute atomic E-state index is 0.194. The largest absolute Gasteiger partial charge is 0.316 e. The molecule has 0 aromatic heterocycles. The Kier molecular flexibility index (Phi) is 19.1. The van der Waals surface area contributed by atoms with Crippen molar-refractivity contribution < 1.29 is 13.0 Å². The second-order valence-corrected chi connectivity index (χ2v) is 8.90. The zero-order valence-electron chi connectivity index (χ0n) is 17.1. The first-order valence-corrected chi connectivity index (χ1v) is 12.5. The zero-order chi connectivity index (χ0) is 19.3. The van der Waals surface area contributed by atoms with Crippen molar-refractivity contribution in [3.05, 3.63) is 12.2 Å². The van der Waals surface area contributed by atoms with Gasteiger partial charge in [-0.1, -0.05) is 83.3 Å². The Bertz CT molecular complexity index is 407. The molecule has 0 saturated heterocycles. The Labute approximate surface area is 163 Å². The molecule has 156 valence electrons. The molecule has 0 saturated carbocycles. The monoisotopic (exact) mass is 389 g/mol. The molecule has 0 fully saturated rings. The summed E-state index contributed by atoms with van der Waals surface area (Å²) in [6, 6.07) is 0. The maximum absolute atomic E-state index is 10.5. The van der Waals surface area contributed by atoms with Crippen LogP contribution in [0.5, 0.6) is 0 Å². The summed E-state index contributed by atoms with van der Waals surface area (Å²) in [7, 11) is -3.82. The van der Waals surface area contributed by atoms with E-state index in [1.54, 1.807) is 0 Å². The van der Waals surface area contributed by atoms with Crippen molar-refractivity contribution in [2.45, 2.75) is 103 Å². The van der Waals surface area contributed by atoms with E-state index in [9.17, 15) is 8.42 Å². The van der Waals surface area contributed by atoms with E-state index in [-0.39, 0.29) is 5.75 Å². The van der Waals surface area contributed by atoms with Gasteiger partial charge in [0.2, 0.25) is 0 Å². The number of rotatable bonds is 20. The van der Waals surface area contributed by atoms with Crippen LogP contribution in [-0.2, 0) is 10.1 Å². The molecule has 0 amide bonds. The van der Waals surface area contributed by atoms with Crippen LogP contribution in [0, 0.1) is 0 Å². The van der Waals surface area contributed by atoms with Crippen molar-refractivity contribution in [1.29, 1.82) is 0 Å². The third-order valence-electron chi connectivity index (χ3n) is 4.65. The van der Waals surface area contributed by atoms with Gasteiger partial charge in [0.1, 0.15) is 0 Å². The molecule has 2 N–H and O–H groups in total. The predicted molar refractivity (Wildman–Crippen MR) is 113 cm³/mol. The summed E-state index contributed by atoms with van der Waals surface area (Å²) in [5, 5.41) is 3.05. The molecule has 0 aliphatic rings. The van der Waals surface area contributed by atoms with Gasteiger partial charge in [-0.3, -0.25) is 4.55 Å². The standard InChI is InChI=1S/C21H43NO3S/c1-2-3-4-5-6-7-8-9-10-11-12-13-14-15-16-17-18-19-22-20-21-26(23,24)25/h9-10,22H,2-8,11-21H2,1H3,(H,23,24,25)/b10-9-. The van der Waals surface area contributed by atoms with Crippen molar-refractivity contribution >= 4 is 10.1 Å². The van der Waals surface area contributed by atoms with E-state index in [4.69, 9.17) is 4.55 Å². The Morgan fingerprint density at radius 1 is 0.692 bits per heavy atom. The highest BCUT2D eigenvalue weighted by Gasteiger charge is 2.02. The van der Waals surface area contributed by atoms with Gasteiger partial charge in [0.15, 0.2) is 0 Å². The molecule has 26 heavy (non-hydrogen) atoms. The summed E-state index contributed by atoms with van der Waals surface area (Å²) < 4.78 is 29.7. The fraction of sp³-hybridized carbons (Fsp3) is 0.905. The second-order valence-electron chi connectivity index (χ2n) is 7.33. The summed E-state index contributed by atoms with van der Waals surface area (Å²) in [6.07, 6.45) is 24.3. The van der Waals surface area contributed by atoms with E-state index in [0.717, 1.165) is 13.0 Å². The Morgan fingerprint density at radius 3 is 1.65 bits per heavy atom. The van der Waals surface area contributed by atoms with Crippen molar-refractivity contribution in [3.63, 3.8) is 0 Å². The lowest BCUT2D eigenvalue weighted by molar-refractivity contribution is 0.479. The van der Waals surface area contributed by atoms with Crippen LogP contribution in [0.2, 0.25) is 0 Å². The van der Waals surface area contributed by atoms with Gasteiger partial charge in [-0.05, 0) is 38.6 Å². The van der Waals surface area contributed by atoms with E-state index in [0.29, 0.717) is 6.54 Å². The molecule has 0 heterocycles. The van der Waals surface area contributed by atoms with E-state index < -0.39 is 10.1 Å². The van der Waals surface area contributed by atoms with E-state index in [1.165, 1.54) is 89.9 Å². The molecular weight excluding hydrogens is 346 g/mol. The number of allylic oxidation sites excluding steroid dienone is 2. The number of nitrogens with one attached hydrogen (secondary N) is 1. The molecular formula is C21H43NO3S. The molecule has 0 radical (unpaired) electrons. The molecule has 0 unspecified atom stereocenters. The second kappa shape index (κ2) is 19.4. The van der Waals surface area contributed by atoms with Crippen LogP contribution < -0.4 is 5.32 Å². The highest BCUT2D eigenvalue weighted by molar-refractivity contribution is 7.85. The highest BCUT2D eigenvalue weighted by atomic mass is 32.2. The minimum Gasteiger partial charge on any atom is -0.316 e. The van der Waals surface area contributed by atoms with E-state index in [2.05, 4.69) is 24.4 Å². The Balaban J connectivity index is 3.12. The van der Waals surface area contributed by atoms with Crippen molar-refractivity contribution in [2.24, 2.45) is 0 Å². The smallest absolute Gasteiger partial charge is 0.266 e. The number of unbranched alkanes of at least 4 members (excludes halogenated alkanes) is 13. The first kappa shape index (κ1) is 25.6.